The van der Waals surface area contributed by atoms with E-state index in [-0.39, 0.29) is 6.10 Å². The lowest BCUT2D eigenvalue weighted by molar-refractivity contribution is 0.0853. The molecule has 6 heteroatoms. The van der Waals surface area contributed by atoms with E-state index in [0.29, 0.717) is 11.3 Å². The smallest absolute Gasteiger partial charge is 0.333 e. The third-order valence-corrected chi connectivity index (χ3v) is 2.09. The van der Waals surface area contributed by atoms with Crippen molar-refractivity contribution in [1.82, 2.24) is 10.4 Å². The Kier molecular flexibility index (Phi) is 4.53. The number of carbonyl (C=O) groups excluding carboxylic acids is 2. The Balaban J connectivity index is 2.88. The average Bonchev–Trinajstić information content (AvgIpc) is 2.28. The summed E-state index contributed by atoms with van der Waals surface area (Å²) in [5.41, 5.74) is 7.72. The predicted molar refractivity (Wildman–Crippen MR) is 67.0 cm³/mol. The van der Waals surface area contributed by atoms with Crippen molar-refractivity contribution in [1.29, 1.82) is 0 Å². The van der Waals surface area contributed by atoms with Gasteiger partial charge in [-0.15, -0.1) is 0 Å². The molecular weight excluding hydrogens is 234 g/mol. The predicted octanol–water partition coefficient (Wildman–Crippen LogP) is 1.13. The molecule has 0 heterocycles. The number of hydrogen-bond donors (Lipinski definition) is 2. The van der Waals surface area contributed by atoms with Crippen LogP contribution in [0.4, 0.5) is 4.79 Å². The number of ether oxygens (including phenoxy) is 1. The maximum atomic E-state index is 11.9. The third kappa shape index (κ3) is 3.65. The van der Waals surface area contributed by atoms with Crippen LogP contribution >= 0.6 is 0 Å². The molecule has 6 nitrogen and oxygen atoms in total. The Bertz CT molecular complexity index is 446. The van der Waals surface area contributed by atoms with Gasteiger partial charge in [-0.3, -0.25) is 10.2 Å². The first-order valence-electron chi connectivity index (χ1n) is 5.51. The quantitative estimate of drug-likeness (QED) is 0.790. The number of nitrogens with one attached hydrogen (secondary N) is 1. The van der Waals surface area contributed by atoms with Crippen molar-refractivity contribution in [3.05, 3.63) is 29.8 Å². The molecule has 0 aromatic heterocycles. The maximum Gasteiger partial charge on any atom is 0.333 e. The molecule has 0 atom stereocenters. The minimum absolute atomic E-state index is 0.0483. The molecule has 0 aliphatic rings. The van der Waals surface area contributed by atoms with Gasteiger partial charge in [-0.25, -0.2) is 9.80 Å². The number of benzene rings is 1. The van der Waals surface area contributed by atoms with E-state index < -0.39 is 11.9 Å². The van der Waals surface area contributed by atoms with Crippen molar-refractivity contribution < 1.29 is 14.3 Å². The summed E-state index contributed by atoms with van der Waals surface area (Å²) >= 11 is 0. The summed E-state index contributed by atoms with van der Waals surface area (Å²) in [6.45, 7) is 3.73. The van der Waals surface area contributed by atoms with Crippen molar-refractivity contribution >= 4 is 11.9 Å². The lowest BCUT2D eigenvalue weighted by atomic mass is 10.2. The highest BCUT2D eigenvalue weighted by molar-refractivity contribution is 5.97. The van der Waals surface area contributed by atoms with Crippen LogP contribution in [0.5, 0.6) is 5.75 Å². The molecule has 0 aliphatic heterocycles. The summed E-state index contributed by atoms with van der Waals surface area (Å²) < 4.78 is 5.51. The average molecular weight is 251 g/mol. The van der Waals surface area contributed by atoms with E-state index in [1.165, 1.54) is 7.05 Å². The van der Waals surface area contributed by atoms with Crippen LogP contribution in [0.25, 0.3) is 0 Å². The first-order valence-corrected chi connectivity index (χ1v) is 5.51. The molecule has 1 aromatic carbocycles. The van der Waals surface area contributed by atoms with Gasteiger partial charge in [0.25, 0.3) is 5.91 Å². The SMILES string of the molecule is CC(C)Oc1ccccc1C(=O)NN(C)C(N)=O. The summed E-state index contributed by atoms with van der Waals surface area (Å²) in [6, 6.07) is 6.05. The van der Waals surface area contributed by atoms with Gasteiger partial charge < -0.3 is 10.5 Å². The number of urea groups is 1. The monoisotopic (exact) mass is 251 g/mol. The van der Waals surface area contributed by atoms with Gasteiger partial charge in [0.2, 0.25) is 0 Å². The number of carbonyl (C=O) groups is 2. The van der Waals surface area contributed by atoms with Gasteiger partial charge in [0, 0.05) is 7.05 Å². The first kappa shape index (κ1) is 13.8. The van der Waals surface area contributed by atoms with Gasteiger partial charge >= 0.3 is 6.03 Å². The zero-order valence-corrected chi connectivity index (χ0v) is 10.6. The molecule has 0 radical (unpaired) electrons. The number of hydrazine groups is 1. The van der Waals surface area contributed by atoms with Crippen LogP contribution in [0.1, 0.15) is 24.2 Å². The van der Waals surface area contributed by atoms with Crippen LogP contribution < -0.4 is 15.9 Å². The second kappa shape index (κ2) is 5.90. The number of rotatable bonds is 3. The Hall–Kier alpha value is -2.24. The number of nitrogens with two attached hydrogens (primary N) is 1. The minimum atomic E-state index is -0.745. The molecule has 0 spiro atoms. The Morgan fingerprint density at radius 3 is 2.50 bits per heavy atom. The van der Waals surface area contributed by atoms with Crippen LogP contribution in [0.2, 0.25) is 0 Å². The van der Waals surface area contributed by atoms with Crippen LogP contribution in [-0.2, 0) is 0 Å². The van der Waals surface area contributed by atoms with Gasteiger partial charge in [-0.2, -0.15) is 0 Å². The van der Waals surface area contributed by atoms with Crippen molar-refractivity contribution in [3.8, 4) is 5.75 Å². The third-order valence-electron chi connectivity index (χ3n) is 2.09. The van der Waals surface area contributed by atoms with Crippen molar-refractivity contribution in [3.63, 3.8) is 0 Å². The van der Waals surface area contributed by atoms with E-state index in [4.69, 9.17) is 10.5 Å². The molecule has 18 heavy (non-hydrogen) atoms. The molecule has 0 saturated carbocycles. The molecule has 0 bridgehead atoms. The number of para-hydroxylation sites is 1. The molecule has 98 valence electrons. The Morgan fingerprint density at radius 2 is 1.94 bits per heavy atom. The Labute approximate surface area is 106 Å². The van der Waals surface area contributed by atoms with Gasteiger partial charge in [-0.1, -0.05) is 12.1 Å². The van der Waals surface area contributed by atoms with E-state index in [2.05, 4.69) is 5.43 Å². The second-order valence-corrected chi connectivity index (χ2v) is 4.00. The standard InChI is InChI=1S/C12H17N3O3/c1-8(2)18-10-7-5-4-6-9(10)11(16)14-15(3)12(13)17/h4-8H,1-3H3,(H2,13,17)(H,14,16). The van der Waals surface area contributed by atoms with Crippen LogP contribution in [0.3, 0.4) is 0 Å². The summed E-state index contributed by atoms with van der Waals surface area (Å²) in [5.74, 6) is 0.00965. The molecule has 1 rings (SSSR count). The van der Waals surface area contributed by atoms with Gasteiger partial charge in [0.15, 0.2) is 0 Å². The van der Waals surface area contributed by atoms with Crippen LogP contribution in [0.15, 0.2) is 24.3 Å². The normalized spacial score (nSPS) is 10.0. The molecular formula is C12H17N3O3. The molecule has 0 aliphatic carbocycles. The number of amides is 3. The minimum Gasteiger partial charge on any atom is -0.490 e. The highest BCUT2D eigenvalue weighted by atomic mass is 16.5. The maximum absolute atomic E-state index is 11.9. The Morgan fingerprint density at radius 1 is 1.33 bits per heavy atom. The van der Waals surface area contributed by atoms with E-state index in [0.717, 1.165) is 5.01 Å². The van der Waals surface area contributed by atoms with E-state index in [9.17, 15) is 9.59 Å². The molecule has 1 aromatic rings. The van der Waals surface area contributed by atoms with Crippen molar-refractivity contribution in [2.24, 2.45) is 5.73 Å². The largest absolute Gasteiger partial charge is 0.490 e. The fraction of sp³-hybridized carbons (Fsp3) is 0.333. The second-order valence-electron chi connectivity index (χ2n) is 4.00. The molecule has 0 saturated heterocycles. The summed E-state index contributed by atoms with van der Waals surface area (Å²) in [5, 5.41) is 0.911. The highest BCUT2D eigenvalue weighted by Gasteiger charge is 2.15. The zero-order chi connectivity index (χ0) is 13.7. The summed E-state index contributed by atoms with van der Waals surface area (Å²) in [7, 11) is 1.37. The van der Waals surface area contributed by atoms with Crippen LogP contribution in [0, 0.1) is 0 Å². The number of primary amides is 1. The topological polar surface area (TPSA) is 84.7 Å². The van der Waals surface area contributed by atoms with Gasteiger partial charge in [0.1, 0.15) is 5.75 Å². The lowest BCUT2D eigenvalue weighted by Crippen LogP contribution is -2.46. The zero-order valence-electron chi connectivity index (χ0n) is 10.6. The molecule has 0 fully saturated rings. The van der Waals surface area contributed by atoms with E-state index in [1.807, 2.05) is 13.8 Å². The summed E-state index contributed by atoms with van der Waals surface area (Å²) in [6.07, 6.45) is -0.0483. The first-order chi connectivity index (χ1) is 8.41. The molecule has 3 N–H and O–H groups in total. The summed E-state index contributed by atoms with van der Waals surface area (Å²) in [4.78, 5) is 22.8. The fourth-order valence-electron chi connectivity index (χ4n) is 1.28. The molecule has 3 amide bonds. The number of nitrogens with zero attached hydrogens (tertiary/aromatic N) is 1. The molecule has 0 unspecified atom stereocenters. The number of hydrogen-bond acceptors (Lipinski definition) is 3. The fourth-order valence-corrected chi connectivity index (χ4v) is 1.28. The van der Waals surface area contributed by atoms with E-state index >= 15 is 0 Å². The van der Waals surface area contributed by atoms with Crippen LogP contribution in [-0.4, -0.2) is 30.1 Å². The van der Waals surface area contributed by atoms with Crippen molar-refractivity contribution in [2.75, 3.05) is 7.05 Å². The van der Waals surface area contributed by atoms with Gasteiger partial charge in [0.05, 0.1) is 11.7 Å². The lowest BCUT2D eigenvalue weighted by Gasteiger charge is -2.18. The highest BCUT2D eigenvalue weighted by Crippen LogP contribution is 2.19. The van der Waals surface area contributed by atoms with Gasteiger partial charge in [-0.05, 0) is 26.0 Å². The van der Waals surface area contributed by atoms with Crippen molar-refractivity contribution in [2.45, 2.75) is 20.0 Å². The van der Waals surface area contributed by atoms with E-state index in [1.54, 1.807) is 24.3 Å².